The molecule has 0 saturated carbocycles. The molecule has 0 amide bonds. The fourth-order valence-corrected chi connectivity index (χ4v) is 1.84. The van der Waals surface area contributed by atoms with Crippen LogP contribution in [0.2, 0.25) is 0 Å². The summed E-state index contributed by atoms with van der Waals surface area (Å²) in [6.45, 7) is 8.33. The number of aliphatic carboxylic acids is 2. The van der Waals surface area contributed by atoms with E-state index in [4.69, 9.17) is 10.2 Å². The van der Waals surface area contributed by atoms with Gasteiger partial charge in [-0.3, -0.25) is 9.59 Å². The number of carbonyl (C=O) groups excluding carboxylic acids is 2. The first-order valence-electron chi connectivity index (χ1n) is 8.26. The summed E-state index contributed by atoms with van der Waals surface area (Å²) in [7, 11) is 0. The van der Waals surface area contributed by atoms with E-state index in [-0.39, 0.29) is 6.42 Å². The summed E-state index contributed by atoms with van der Waals surface area (Å²) in [6, 6.07) is 0. The molecule has 142 valence electrons. The summed E-state index contributed by atoms with van der Waals surface area (Å²) in [6.07, 6.45) is 9.59. The molecule has 0 aromatic heterocycles. The molecule has 0 unspecified atom stereocenters. The number of hydrogen-bond donors (Lipinski definition) is 2. The van der Waals surface area contributed by atoms with Crippen molar-refractivity contribution in [1.29, 1.82) is 0 Å². The van der Waals surface area contributed by atoms with Crippen molar-refractivity contribution in [1.82, 2.24) is 0 Å². The van der Waals surface area contributed by atoms with Crippen LogP contribution in [0, 0.1) is 5.92 Å². The van der Waals surface area contributed by atoms with Gasteiger partial charge in [0.05, 0.1) is 0 Å². The van der Waals surface area contributed by atoms with E-state index in [9.17, 15) is 19.2 Å². The second kappa shape index (κ2) is 16.4. The summed E-state index contributed by atoms with van der Waals surface area (Å²) in [5.41, 5.74) is 0. The van der Waals surface area contributed by atoms with Crippen LogP contribution in [0.3, 0.4) is 0 Å². The zero-order chi connectivity index (χ0) is 19.7. The third-order valence-corrected chi connectivity index (χ3v) is 3.23. The maximum absolute atomic E-state index is 10.6. The van der Waals surface area contributed by atoms with Crippen LogP contribution in [0.4, 0.5) is 0 Å². The van der Waals surface area contributed by atoms with Crippen LogP contribution in [0.15, 0.2) is 25.3 Å². The van der Waals surface area contributed by atoms with Gasteiger partial charge in [-0.15, -0.1) is 0 Å². The monoisotopic (exact) mass is 356 g/mol. The zero-order valence-corrected chi connectivity index (χ0v) is 14.7. The minimum Gasteiger partial charge on any atom is -0.481 e. The summed E-state index contributed by atoms with van der Waals surface area (Å²) in [5.74, 6) is -5.20. The van der Waals surface area contributed by atoms with Crippen molar-refractivity contribution in [3.05, 3.63) is 25.3 Å². The lowest BCUT2D eigenvalue weighted by atomic mass is 10.0. The van der Waals surface area contributed by atoms with Gasteiger partial charge in [0.15, 0.2) is 5.92 Å². The van der Waals surface area contributed by atoms with E-state index >= 15 is 0 Å². The molecule has 0 fully saturated rings. The Balaban J connectivity index is 0. The Morgan fingerprint density at radius 1 is 0.840 bits per heavy atom. The molecule has 0 rings (SSSR count). The molecule has 25 heavy (non-hydrogen) atoms. The maximum Gasteiger partial charge on any atom is 0.338 e. The number of carbonyl (C=O) groups is 4. The molecule has 0 aromatic carbocycles. The van der Waals surface area contributed by atoms with Crippen molar-refractivity contribution >= 4 is 23.9 Å². The summed E-state index contributed by atoms with van der Waals surface area (Å²) < 4.78 is 4.03. The Kier molecular flexibility index (Phi) is 16.3. The number of unbranched alkanes of at least 4 members (excludes halogenated alkanes) is 6. The normalized spacial score (nSPS) is 9.52. The fourth-order valence-electron chi connectivity index (χ4n) is 1.84. The van der Waals surface area contributed by atoms with Crippen molar-refractivity contribution in [3.8, 4) is 0 Å². The van der Waals surface area contributed by atoms with E-state index in [2.05, 4.69) is 24.8 Å². The van der Waals surface area contributed by atoms with Crippen LogP contribution in [0.1, 0.15) is 58.3 Å². The maximum atomic E-state index is 10.6. The van der Waals surface area contributed by atoms with Crippen LogP contribution >= 0.6 is 0 Å². The number of hydrogen-bond acceptors (Lipinski definition) is 5. The fraction of sp³-hybridized carbons (Fsp3) is 0.556. The molecular formula is C18H28O7. The highest BCUT2D eigenvalue weighted by Gasteiger charge is 2.24. The molecule has 0 atom stereocenters. The van der Waals surface area contributed by atoms with Gasteiger partial charge >= 0.3 is 23.9 Å². The molecule has 0 radical (unpaired) electrons. The number of carboxylic acids is 2. The summed E-state index contributed by atoms with van der Waals surface area (Å²) in [4.78, 5) is 41.5. The Labute approximate surface area is 148 Å². The van der Waals surface area contributed by atoms with Gasteiger partial charge in [-0.2, -0.15) is 0 Å². The van der Waals surface area contributed by atoms with E-state index in [0.29, 0.717) is 6.42 Å². The van der Waals surface area contributed by atoms with Gasteiger partial charge in [-0.25, -0.2) is 9.59 Å². The third kappa shape index (κ3) is 16.2. The van der Waals surface area contributed by atoms with Crippen molar-refractivity contribution in [2.24, 2.45) is 5.92 Å². The van der Waals surface area contributed by atoms with Crippen molar-refractivity contribution in [2.75, 3.05) is 0 Å². The van der Waals surface area contributed by atoms with Gasteiger partial charge in [0.1, 0.15) is 0 Å². The average molecular weight is 356 g/mol. The van der Waals surface area contributed by atoms with Crippen molar-refractivity contribution < 1.29 is 34.1 Å². The summed E-state index contributed by atoms with van der Waals surface area (Å²) >= 11 is 0. The van der Waals surface area contributed by atoms with Crippen LogP contribution in [0.25, 0.3) is 0 Å². The zero-order valence-electron chi connectivity index (χ0n) is 14.7. The average Bonchev–Trinajstić information content (AvgIpc) is 2.56. The van der Waals surface area contributed by atoms with Crippen LogP contribution in [0.5, 0.6) is 0 Å². The molecule has 7 heteroatoms. The SMILES string of the molecule is C=CC(=O)OC(=O)C=C.CCCCCCCCCC(C(=O)O)C(=O)O. The van der Waals surface area contributed by atoms with Crippen LogP contribution in [-0.2, 0) is 23.9 Å². The molecule has 2 N–H and O–H groups in total. The van der Waals surface area contributed by atoms with E-state index in [1.54, 1.807) is 0 Å². The topological polar surface area (TPSA) is 118 Å². The van der Waals surface area contributed by atoms with E-state index in [1.165, 1.54) is 25.7 Å². The molecular weight excluding hydrogens is 328 g/mol. The predicted octanol–water partition coefficient (Wildman–Crippen LogP) is 3.34. The second-order valence-electron chi connectivity index (χ2n) is 5.29. The number of rotatable bonds is 12. The lowest BCUT2D eigenvalue weighted by Crippen LogP contribution is -2.23. The molecule has 0 aliphatic heterocycles. The van der Waals surface area contributed by atoms with Gasteiger partial charge in [-0.05, 0) is 6.42 Å². The lowest BCUT2D eigenvalue weighted by molar-refractivity contribution is -0.155. The van der Waals surface area contributed by atoms with Crippen molar-refractivity contribution in [3.63, 3.8) is 0 Å². The molecule has 0 spiro atoms. The van der Waals surface area contributed by atoms with Gasteiger partial charge in [-0.1, -0.05) is 65.0 Å². The first-order chi connectivity index (χ1) is 11.8. The van der Waals surface area contributed by atoms with Crippen LogP contribution in [-0.4, -0.2) is 34.1 Å². The van der Waals surface area contributed by atoms with Gasteiger partial charge in [0.25, 0.3) is 0 Å². The minimum absolute atomic E-state index is 0.248. The first-order valence-corrected chi connectivity index (χ1v) is 8.26. The predicted molar refractivity (Wildman–Crippen MR) is 92.9 cm³/mol. The van der Waals surface area contributed by atoms with Gasteiger partial charge in [0.2, 0.25) is 0 Å². The van der Waals surface area contributed by atoms with Crippen molar-refractivity contribution in [2.45, 2.75) is 58.3 Å². The highest BCUT2D eigenvalue weighted by Crippen LogP contribution is 2.13. The number of ether oxygens (including phenoxy) is 1. The highest BCUT2D eigenvalue weighted by atomic mass is 16.6. The Morgan fingerprint density at radius 2 is 1.24 bits per heavy atom. The molecule has 0 aromatic rings. The molecule has 7 nitrogen and oxygen atoms in total. The Bertz CT molecular complexity index is 422. The quantitative estimate of drug-likeness (QED) is 0.238. The summed E-state index contributed by atoms with van der Waals surface area (Å²) in [5, 5.41) is 17.3. The van der Waals surface area contributed by atoms with Gasteiger partial charge in [0, 0.05) is 12.2 Å². The molecule has 0 aliphatic rings. The first kappa shape index (κ1) is 24.8. The van der Waals surface area contributed by atoms with Crippen LogP contribution < -0.4 is 0 Å². The van der Waals surface area contributed by atoms with Gasteiger partial charge < -0.3 is 14.9 Å². The highest BCUT2D eigenvalue weighted by molar-refractivity contribution is 5.95. The second-order valence-corrected chi connectivity index (χ2v) is 5.29. The van der Waals surface area contributed by atoms with E-state index in [1.807, 2.05) is 0 Å². The number of esters is 2. The molecule has 0 heterocycles. The Morgan fingerprint density at radius 3 is 1.60 bits per heavy atom. The number of carboxylic acid groups (broad SMARTS) is 2. The lowest BCUT2D eigenvalue weighted by Gasteiger charge is -2.06. The molecule has 0 saturated heterocycles. The third-order valence-electron chi connectivity index (χ3n) is 3.23. The van der Waals surface area contributed by atoms with E-state index < -0.39 is 29.8 Å². The largest absolute Gasteiger partial charge is 0.481 e. The molecule has 0 aliphatic carbocycles. The Hall–Kier alpha value is -2.44. The molecule has 0 bridgehead atoms. The smallest absolute Gasteiger partial charge is 0.338 e. The van der Waals surface area contributed by atoms with E-state index in [0.717, 1.165) is 25.0 Å². The standard InChI is InChI=1S/C12H22O4.C6H6O3/c1-2-3-4-5-6-7-8-9-10(11(13)14)12(15)16;1-3-5(7)9-6(8)4-2/h10H,2-9H2,1H3,(H,13,14)(H,15,16);3-4H,1-2H2. The minimum atomic E-state index is -1.23.